The summed E-state index contributed by atoms with van der Waals surface area (Å²) in [5, 5.41) is 38.5. The molecule has 1 aliphatic heterocycles. The molecular weight excluding hydrogens is 1740 g/mol. The Balaban J connectivity index is 0.478. The number of ether oxygens (including phenoxy) is 6. The molecule has 0 bridgehead atoms. The number of rotatable bonds is 51. The van der Waals surface area contributed by atoms with Gasteiger partial charge in [-0.3, -0.25) is 57.5 Å². The van der Waals surface area contributed by atoms with Gasteiger partial charge in [-0.1, -0.05) is 23.7 Å². The molecule has 0 unspecified atom stereocenters. The molecule has 0 aliphatic carbocycles. The van der Waals surface area contributed by atoms with Crippen LogP contribution in [0.4, 0.5) is 34.4 Å². The van der Waals surface area contributed by atoms with Crippen LogP contribution in [0.25, 0.3) is 5.00 Å². The molecule has 42 heteroatoms. The predicted octanol–water partition coefficient (Wildman–Crippen LogP) is 9.56. The molecular formula is C90H117ClN24O16S. The number of nitrogens with zero attached hydrogens (tertiary/aromatic N) is 14. The van der Waals surface area contributed by atoms with Crippen LogP contribution in [-0.2, 0) is 64.0 Å². The van der Waals surface area contributed by atoms with Gasteiger partial charge in [-0.2, -0.15) is 0 Å². The van der Waals surface area contributed by atoms with Gasteiger partial charge in [-0.25, -0.2) is 15.0 Å². The van der Waals surface area contributed by atoms with Gasteiger partial charge in [0.1, 0.15) is 46.3 Å². The molecule has 0 saturated heterocycles. The fourth-order valence-electron chi connectivity index (χ4n) is 14.2. The van der Waals surface area contributed by atoms with E-state index in [4.69, 9.17) is 45.0 Å². The van der Waals surface area contributed by atoms with Crippen molar-refractivity contribution in [2.24, 2.45) is 26.1 Å². The van der Waals surface area contributed by atoms with E-state index in [0.717, 1.165) is 51.1 Å². The number of hydrogen-bond acceptors (Lipinski definition) is 24. The number of amides is 10. The highest BCUT2D eigenvalue weighted by Crippen LogP contribution is 2.40. The Morgan fingerprint density at radius 1 is 0.477 bits per heavy atom. The first-order valence-electron chi connectivity index (χ1n) is 43.7. The van der Waals surface area contributed by atoms with Crippen molar-refractivity contribution in [1.29, 1.82) is 0 Å². The first kappa shape index (κ1) is 99.5. The Kier molecular flexibility index (Phi) is 36.4. The Hall–Kier alpha value is -13.0. The highest BCUT2D eigenvalue weighted by atomic mass is 35.5. The third kappa shape index (κ3) is 28.0. The number of anilines is 6. The molecule has 10 amide bonds. The van der Waals surface area contributed by atoms with Gasteiger partial charge in [0, 0.05) is 155 Å². The molecule has 0 fully saturated rings. The van der Waals surface area contributed by atoms with Crippen LogP contribution in [0.1, 0.15) is 201 Å². The van der Waals surface area contributed by atoms with E-state index >= 15 is 0 Å². The number of benzene rings is 2. The smallest absolute Gasteiger partial charge is 0.291 e. The van der Waals surface area contributed by atoms with Crippen LogP contribution in [-0.4, -0.2) is 246 Å². The predicted molar refractivity (Wildman–Crippen MR) is 498 cm³/mol. The quantitative estimate of drug-likeness (QED) is 0.0159. The lowest BCUT2D eigenvalue weighted by atomic mass is 9.99. The number of fused-ring (bicyclic) bond motifs is 3. The molecule has 2 aromatic carbocycles. The van der Waals surface area contributed by atoms with Crippen molar-refractivity contribution in [3.63, 3.8) is 0 Å². The third-order valence-electron chi connectivity index (χ3n) is 21.1. The summed E-state index contributed by atoms with van der Waals surface area (Å²) in [4.78, 5) is 154. The minimum absolute atomic E-state index is 0.00205. The third-order valence-corrected chi connectivity index (χ3v) is 22.5. The molecule has 706 valence electrons. The first-order valence-corrected chi connectivity index (χ1v) is 44.9. The summed E-state index contributed by atoms with van der Waals surface area (Å²) in [6.07, 6.45) is 12.4. The zero-order valence-corrected chi connectivity index (χ0v) is 78.1. The van der Waals surface area contributed by atoms with Gasteiger partial charge in [0.15, 0.2) is 23.3 Å². The van der Waals surface area contributed by atoms with Crippen molar-refractivity contribution in [1.82, 2.24) is 83.3 Å². The van der Waals surface area contributed by atoms with Crippen molar-refractivity contribution in [3.8, 4) is 10.8 Å². The van der Waals surface area contributed by atoms with E-state index in [0.29, 0.717) is 131 Å². The average Bonchev–Trinajstić information content (AvgIpc) is 1.59. The van der Waals surface area contributed by atoms with E-state index < -0.39 is 47.4 Å². The van der Waals surface area contributed by atoms with Crippen LogP contribution in [0.3, 0.4) is 0 Å². The van der Waals surface area contributed by atoms with Gasteiger partial charge < -0.3 is 114 Å². The molecule has 9 heterocycles. The fourth-order valence-corrected chi connectivity index (χ4v) is 15.5. The highest BCUT2D eigenvalue weighted by molar-refractivity contribution is 7.15. The number of hydrogen-bond donors (Lipinski definition) is 10. The van der Waals surface area contributed by atoms with E-state index in [1.54, 1.807) is 104 Å². The molecule has 1 atom stereocenters. The van der Waals surface area contributed by atoms with Crippen LogP contribution in [0, 0.1) is 20.8 Å². The van der Waals surface area contributed by atoms with Gasteiger partial charge in [-0.05, 0) is 155 Å². The standard InChI is InChI=1S/C90H117ClN24O16S/c1-55(2)112-34-31-93-81(112)87(123)98-64-46-70(110(12)50-64)85(121)95-29-24-75(117)103-73-54-114(57(5)6)83(105-73)89(125)100-66-48-71(111(13)52-66)86(122)96-30-25-76(118)102-72-53-113(56(3)4)82(104-72)88(124)99-65-47-69(109(11)51-65)84(120)94-28-15-33-108(10)32-14-27-92-74(116)26-35-126-36-37-127-38-39-128-40-41-129-42-43-130-44-45-131-67-22-20-63(21-23-67)97-77(119)49-68-80-107-106-60(9)115(80)90-78(58(7)59(8)132-90)79(101-68)61-16-18-62(91)19-17-61/h16-23,31,34,46-48,50-57,68H,14-15,24-30,32-33,35-45,49H2,1-13H3,(H,92,116)(H,94,120)(H,95,121)(H,96,122)(H,97,119)(H,98,123)(H,99,124)(H,100,125)(H,102,118)(H,103,117)/t68-/m0/s1. The SMILES string of the molecule is Cc1sc2c(c1C)C(c1ccc(Cl)cc1)=N[C@@H](CC(=O)Nc1ccc(OCCOCCOCCOCCOCCOCCC(=O)NCCCN(C)CCCNC(=O)c3cc(NC(=O)c4nc(NC(=O)CCNC(=O)c5cc(NC(=O)c6nc(NC(=O)CCNC(=O)c7cc(NC(=O)c8nccn8C(C)C)cn7C)cn6C(C)C)cn5C)cn4C(C)C)cn3C)cc1)c1nnc(C)n1-2. The summed E-state index contributed by atoms with van der Waals surface area (Å²) in [6, 6.07) is 18.2. The number of nitrogens with one attached hydrogen (secondary N) is 10. The minimum atomic E-state index is -0.627. The summed E-state index contributed by atoms with van der Waals surface area (Å²) < 4.78 is 45.5. The van der Waals surface area contributed by atoms with E-state index in [1.807, 2.05) is 84.3 Å². The van der Waals surface area contributed by atoms with Gasteiger partial charge in [-0.15, -0.1) is 21.5 Å². The highest BCUT2D eigenvalue weighted by Gasteiger charge is 2.34. The maximum Gasteiger partial charge on any atom is 0.291 e. The normalized spacial score (nSPS) is 12.3. The number of carbonyl (C=O) groups excluding carboxylic acids is 10. The van der Waals surface area contributed by atoms with Crippen LogP contribution >= 0.6 is 22.9 Å². The van der Waals surface area contributed by atoms with Gasteiger partial charge in [0.05, 0.1) is 95.3 Å². The first-order chi connectivity index (χ1) is 63.4. The number of aromatic nitrogens is 12. The van der Waals surface area contributed by atoms with E-state index in [2.05, 4.69) is 97.1 Å². The Morgan fingerprint density at radius 2 is 0.932 bits per heavy atom. The summed E-state index contributed by atoms with van der Waals surface area (Å²) >= 11 is 7.92. The van der Waals surface area contributed by atoms with E-state index in [-0.39, 0.29) is 127 Å². The van der Waals surface area contributed by atoms with Crippen molar-refractivity contribution in [2.45, 2.75) is 125 Å². The minimum Gasteiger partial charge on any atom is -0.491 e. The molecule has 11 rings (SSSR count). The average molecular weight is 1860 g/mol. The van der Waals surface area contributed by atoms with Crippen molar-refractivity contribution >= 4 is 122 Å². The van der Waals surface area contributed by atoms with Gasteiger partial charge in [0.25, 0.3) is 35.4 Å². The van der Waals surface area contributed by atoms with Crippen LogP contribution in [0.5, 0.6) is 5.75 Å². The summed E-state index contributed by atoms with van der Waals surface area (Å²) in [7, 11) is 6.92. The largest absolute Gasteiger partial charge is 0.491 e. The lowest BCUT2D eigenvalue weighted by Crippen LogP contribution is -2.31. The maximum atomic E-state index is 13.7. The van der Waals surface area contributed by atoms with Crippen LogP contribution in [0.15, 0.2) is 115 Å². The van der Waals surface area contributed by atoms with Crippen molar-refractivity contribution < 1.29 is 76.4 Å². The van der Waals surface area contributed by atoms with Crippen LogP contribution in [0.2, 0.25) is 5.02 Å². The second-order valence-corrected chi connectivity index (χ2v) is 33.9. The topological polar surface area (TPSA) is 461 Å². The van der Waals surface area contributed by atoms with Crippen molar-refractivity contribution in [2.75, 3.05) is 151 Å². The fraction of sp³-hybridized carbons (Fsp3) is 0.444. The van der Waals surface area contributed by atoms with Gasteiger partial charge in [0.2, 0.25) is 35.3 Å². The second-order valence-electron chi connectivity index (χ2n) is 32.3. The molecule has 40 nitrogen and oxygen atoms in total. The maximum absolute atomic E-state index is 13.7. The number of aliphatic imine (C=N–C) groups is 1. The molecule has 1 aliphatic rings. The molecule has 0 saturated carbocycles. The summed E-state index contributed by atoms with van der Waals surface area (Å²) in [5.41, 5.74) is 6.12. The number of thiophene rings is 1. The summed E-state index contributed by atoms with van der Waals surface area (Å²) in [6.45, 7) is 23.5. The molecule has 10 aromatic rings. The number of imidazole rings is 3. The second kappa shape index (κ2) is 48.2. The van der Waals surface area contributed by atoms with E-state index in [9.17, 15) is 47.9 Å². The lowest BCUT2D eigenvalue weighted by molar-refractivity contribution is -0.122. The zero-order chi connectivity index (χ0) is 94.7. The Labute approximate surface area is 773 Å². The summed E-state index contributed by atoms with van der Waals surface area (Å²) in [5.74, 6) is -1.95. The lowest BCUT2D eigenvalue weighted by Gasteiger charge is -2.17. The van der Waals surface area contributed by atoms with Crippen LogP contribution < -0.4 is 57.9 Å². The Bertz CT molecular complexity index is 5690. The molecule has 0 radical (unpaired) electrons. The molecule has 0 spiro atoms. The van der Waals surface area contributed by atoms with E-state index in [1.165, 1.54) is 41.5 Å². The van der Waals surface area contributed by atoms with Gasteiger partial charge >= 0.3 is 0 Å². The molecule has 8 aromatic heterocycles. The number of carbonyl (C=O) groups is 10. The molecule has 132 heavy (non-hydrogen) atoms. The molecule has 10 N–H and O–H groups in total. The van der Waals surface area contributed by atoms with Crippen molar-refractivity contribution in [3.05, 3.63) is 183 Å². The Morgan fingerprint density at radius 3 is 1.42 bits per heavy atom. The monoisotopic (exact) mass is 1860 g/mol. The zero-order valence-electron chi connectivity index (χ0n) is 76.5. The number of halogens is 1. The number of aryl methyl sites for hydroxylation is 5.